The number of hydrogen-bond acceptors (Lipinski definition) is 5. The van der Waals surface area contributed by atoms with Gasteiger partial charge in [-0.1, -0.05) is 0 Å². The maximum Gasteiger partial charge on any atom is 0.196 e. The molecule has 0 amide bonds. The number of nitrogens with two attached hydrogens (primary N) is 2. The molecule has 180 valence electrons. The maximum absolute atomic E-state index is 10.6. The van der Waals surface area contributed by atoms with Crippen LogP contribution >= 0.6 is 0 Å². The molecule has 1 aromatic rings. The topological polar surface area (TPSA) is 111 Å². The first kappa shape index (κ1) is 21.7. The lowest BCUT2D eigenvalue weighted by Gasteiger charge is -2.52. The van der Waals surface area contributed by atoms with Crippen LogP contribution in [0.2, 0.25) is 0 Å². The van der Waals surface area contributed by atoms with Gasteiger partial charge in [-0.15, -0.1) is 0 Å². The van der Waals surface area contributed by atoms with E-state index in [1.807, 2.05) is 0 Å². The molecule has 2 aliphatic heterocycles. The summed E-state index contributed by atoms with van der Waals surface area (Å²) in [6, 6.07) is 9.77. The van der Waals surface area contributed by atoms with Crippen molar-refractivity contribution in [3.63, 3.8) is 0 Å². The SMILES string of the molecule is CN(C(N)=Nc1ccc(N2C3CCC2CC(O)C3)cc1)C1C2CC3CC1C(N)C(CC3O)C2. The molecular weight excluding hydrogens is 414 g/mol. The lowest BCUT2D eigenvalue weighted by Crippen LogP contribution is -2.60. The average molecular weight is 454 g/mol. The molecule has 7 rings (SSSR count). The van der Waals surface area contributed by atoms with E-state index in [-0.39, 0.29) is 18.2 Å². The molecule has 0 radical (unpaired) electrons. The van der Waals surface area contributed by atoms with Gasteiger partial charge in [0.25, 0.3) is 0 Å². The van der Waals surface area contributed by atoms with Gasteiger partial charge in [-0.2, -0.15) is 0 Å². The molecule has 6 fully saturated rings. The fourth-order valence-electron chi connectivity index (χ4n) is 8.29. The van der Waals surface area contributed by atoms with Crippen molar-refractivity contribution in [3.05, 3.63) is 24.3 Å². The van der Waals surface area contributed by atoms with Crippen molar-refractivity contribution in [2.24, 2.45) is 40.1 Å². The Bertz CT molecular complexity index is 892. The van der Waals surface area contributed by atoms with Crippen molar-refractivity contribution in [3.8, 4) is 0 Å². The lowest BCUT2D eigenvalue weighted by molar-refractivity contribution is 0.00928. The van der Waals surface area contributed by atoms with Gasteiger partial charge in [0.15, 0.2) is 5.96 Å². The lowest BCUT2D eigenvalue weighted by atomic mass is 9.62. The molecule has 6 bridgehead atoms. The number of benzene rings is 1. The van der Waals surface area contributed by atoms with Crippen molar-refractivity contribution in [1.82, 2.24) is 4.90 Å². The number of hydrogen-bond donors (Lipinski definition) is 4. The highest BCUT2D eigenvalue weighted by Gasteiger charge is 2.53. The Hall–Kier alpha value is -1.83. The Morgan fingerprint density at radius 2 is 1.61 bits per heavy atom. The van der Waals surface area contributed by atoms with Crippen LogP contribution in [0.25, 0.3) is 0 Å². The molecule has 6 aliphatic rings. The zero-order chi connectivity index (χ0) is 22.9. The summed E-state index contributed by atoms with van der Waals surface area (Å²) in [6.45, 7) is 0. The Kier molecular flexibility index (Phi) is 5.35. The van der Waals surface area contributed by atoms with Gasteiger partial charge < -0.3 is 31.5 Å². The minimum atomic E-state index is -0.190. The van der Waals surface area contributed by atoms with Crippen LogP contribution < -0.4 is 16.4 Å². The van der Waals surface area contributed by atoms with E-state index >= 15 is 0 Å². The number of fused-ring (bicyclic) bond motifs is 3. The number of rotatable bonds is 3. The summed E-state index contributed by atoms with van der Waals surface area (Å²) in [5.74, 6) is 2.27. The minimum absolute atomic E-state index is 0.138. The number of nitrogens with zero attached hydrogens (tertiary/aromatic N) is 3. The molecule has 0 aromatic heterocycles. The zero-order valence-electron chi connectivity index (χ0n) is 19.6. The largest absolute Gasteiger partial charge is 0.393 e. The summed E-state index contributed by atoms with van der Waals surface area (Å²) in [4.78, 5) is 9.45. The number of aliphatic imine (C=N–C) groups is 1. The number of piperidine rings is 1. The van der Waals surface area contributed by atoms with E-state index in [0.717, 1.165) is 44.2 Å². The van der Waals surface area contributed by atoms with Gasteiger partial charge in [0.2, 0.25) is 0 Å². The molecule has 33 heavy (non-hydrogen) atoms. The molecule has 2 saturated heterocycles. The fraction of sp³-hybridized carbons (Fsp3) is 0.731. The highest BCUT2D eigenvalue weighted by molar-refractivity contribution is 5.81. The number of guanidine groups is 1. The zero-order valence-corrected chi connectivity index (χ0v) is 19.6. The van der Waals surface area contributed by atoms with Crippen molar-refractivity contribution in [2.45, 2.75) is 87.7 Å². The fourth-order valence-corrected chi connectivity index (χ4v) is 8.29. The molecule has 0 spiro atoms. The van der Waals surface area contributed by atoms with Gasteiger partial charge in [0, 0.05) is 36.9 Å². The van der Waals surface area contributed by atoms with E-state index in [1.54, 1.807) is 0 Å². The van der Waals surface area contributed by atoms with Crippen LogP contribution in [0.4, 0.5) is 11.4 Å². The first-order valence-electron chi connectivity index (χ1n) is 13.0. The molecule has 1 aromatic carbocycles. The third-order valence-corrected chi connectivity index (χ3v) is 9.74. The molecule has 7 heteroatoms. The van der Waals surface area contributed by atoms with Crippen molar-refractivity contribution in [2.75, 3.05) is 11.9 Å². The van der Waals surface area contributed by atoms with E-state index in [2.05, 4.69) is 41.1 Å². The van der Waals surface area contributed by atoms with Crippen molar-refractivity contribution < 1.29 is 10.2 Å². The van der Waals surface area contributed by atoms with Crippen LogP contribution in [-0.4, -0.2) is 64.5 Å². The van der Waals surface area contributed by atoms with Crippen LogP contribution in [0.3, 0.4) is 0 Å². The molecule has 7 nitrogen and oxygen atoms in total. The van der Waals surface area contributed by atoms with Crippen LogP contribution in [0.1, 0.15) is 51.4 Å². The Balaban J connectivity index is 1.18. The average Bonchev–Trinajstić information content (AvgIpc) is 2.94. The first-order chi connectivity index (χ1) is 15.9. The minimum Gasteiger partial charge on any atom is -0.393 e. The molecule has 9 atom stereocenters. The van der Waals surface area contributed by atoms with Crippen LogP contribution in [0, 0.1) is 23.7 Å². The Morgan fingerprint density at radius 1 is 0.939 bits per heavy atom. The Labute approximate surface area is 196 Å². The van der Waals surface area contributed by atoms with E-state index in [1.165, 1.54) is 18.5 Å². The summed E-state index contributed by atoms with van der Waals surface area (Å²) in [6.07, 6.45) is 7.78. The molecule has 4 aliphatic carbocycles. The van der Waals surface area contributed by atoms with E-state index in [9.17, 15) is 10.2 Å². The molecule has 4 saturated carbocycles. The molecule has 2 heterocycles. The van der Waals surface area contributed by atoms with Gasteiger partial charge >= 0.3 is 0 Å². The standard InChI is InChI=1S/C26H39N5O2/c1-30(25-16-8-14-10-22(25)24(27)15(9-16)11-23(14)33)26(28)29-17-2-4-18(5-3-17)31-19-6-7-20(31)13-21(32)12-19/h2-5,14-16,19-25,32-33H,6-13,27H2,1H3,(H2,28,29). The van der Waals surface area contributed by atoms with Gasteiger partial charge in [0.05, 0.1) is 17.9 Å². The van der Waals surface area contributed by atoms with Crippen LogP contribution in [-0.2, 0) is 0 Å². The highest BCUT2D eigenvalue weighted by atomic mass is 16.3. The van der Waals surface area contributed by atoms with E-state index in [4.69, 9.17) is 16.5 Å². The highest BCUT2D eigenvalue weighted by Crippen LogP contribution is 2.52. The van der Waals surface area contributed by atoms with Gasteiger partial charge in [-0.25, -0.2) is 4.99 Å². The summed E-state index contributed by atoms with van der Waals surface area (Å²) in [5, 5.41) is 20.7. The van der Waals surface area contributed by atoms with Gasteiger partial charge in [-0.3, -0.25) is 0 Å². The normalized spacial score (nSPS) is 44.2. The monoisotopic (exact) mass is 453 g/mol. The quantitative estimate of drug-likeness (QED) is 0.412. The number of anilines is 1. The van der Waals surface area contributed by atoms with Gasteiger partial charge in [-0.05, 0) is 99.3 Å². The summed E-state index contributed by atoms with van der Waals surface area (Å²) in [5.41, 5.74) is 15.3. The van der Waals surface area contributed by atoms with E-state index < -0.39 is 0 Å². The number of aliphatic hydroxyl groups excluding tert-OH is 2. The second kappa shape index (κ2) is 8.14. The van der Waals surface area contributed by atoms with Crippen LogP contribution in [0.5, 0.6) is 0 Å². The Morgan fingerprint density at radius 3 is 2.30 bits per heavy atom. The van der Waals surface area contributed by atoms with Crippen molar-refractivity contribution in [1.29, 1.82) is 0 Å². The summed E-state index contributed by atoms with van der Waals surface area (Å²) < 4.78 is 0. The molecule has 9 unspecified atom stereocenters. The second-order valence-electron chi connectivity index (χ2n) is 11.5. The summed E-state index contributed by atoms with van der Waals surface area (Å²) in [7, 11) is 2.07. The first-order valence-corrected chi connectivity index (χ1v) is 13.0. The predicted octanol–water partition coefficient (Wildman–Crippen LogP) is 2.18. The smallest absolute Gasteiger partial charge is 0.196 e. The predicted molar refractivity (Wildman–Crippen MR) is 130 cm³/mol. The maximum atomic E-state index is 10.6. The number of aliphatic hydroxyl groups is 2. The van der Waals surface area contributed by atoms with Crippen LogP contribution in [0.15, 0.2) is 29.3 Å². The molecular formula is C26H39N5O2. The van der Waals surface area contributed by atoms with Crippen molar-refractivity contribution >= 4 is 17.3 Å². The third-order valence-electron chi connectivity index (χ3n) is 9.74. The molecule has 6 N–H and O–H groups in total. The van der Waals surface area contributed by atoms with E-state index in [0.29, 0.717) is 47.8 Å². The second-order valence-corrected chi connectivity index (χ2v) is 11.5. The van der Waals surface area contributed by atoms with Gasteiger partial charge in [0.1, 0.15) is 0 Å². The summed E-state index contributed by atoms with van der Waals surface area (Å²) >= 11 is 0. The third kappa shape index (κ3) is 3.63.